The van der Waals surface area contributed by atoms with Crippen molar-refractivity contribution in [2.45, 2.75) is 38.4 Å². The molecule has 3 aromatic rings. The van der Waals surface area contributed by atoms with Crippen LogP contribution in [0.2, 0.25) is 0 Å². The highest BCUT2D eigenvalue weighted by Crippen LogP contribution is 2.40. The summed E-state index contributed by atoms with van der Waals surface area (Å²) in [5.74, 6) is -0.186. The van der Waals surface area contributed by atoms with Crippen LogP contribution in [0.3, 0.4) is 0 Å². The Hall–Kier alpha value is -3.24. The molecular weight excluding hydrogens is 377 g/mol. The Morgan fingerprint density at radius 2 is 2.25 bits per heavy atom. The van der Waals surface area contributed by atoms with Crippen LogP contribution in [-0.4, -0.2) is 38.2 Å². The summed E-state index contributed by atoms with van der Waals surface area (Å²) in [7, 11) is 0. The molecule has 28 heavy (non-hydrogen) atoms. The number of hydrogen-bond acceptors (Lipinski definition) is 6. The van der Waals surface area contributed by atoms with E-state index in [4.69, 9.17) is 4.52 Å². The lowest BCUT2D eigenvalue weighted by Crippen LogP contribution is -2.19. The van der Waals surface area contributed by atoms with E-state index in [1.54, 1.807) is 13.0 Å². The van der Waals surface area contributed by atoms with Gasteiger partial charge in [-0.05, 0) is 31.9 Å². The average Bonchev–Trinajstić information content (AvgIpc) is 3.29. The highest BCUT2D eigenvalue weighted by atomic mass is 19.4. The number of nitrogens with zero attached hydrogens (tertiary/aromatic N) is 5. The van der Waals surface area contributed by atoms with Crippen molar-refractivity contribution >= 4 is 23.2 Å². The maximum Gasteiger partial charge on any atom is 0.408 e. The number of pyridine rings is 1. The summed E-state index contributed by atoms with van der Waals surface area (Å²) < 4.78 is 43.0. The minimum Gasteiger partial charge on any atom is -0.336 e. The maximum absolute atomic E-state index is 12.6. The van der Waals surface area contributed by atoms with Crippen LogP contribution in [0.25, 0.3) is 11.1 Å². The molecule has 1 aliphatic carbocycles. The molecule has 0 atom stereocenters. The van der Waals surface area contributed by atoms with Crippen LogP contribution in [0.1, 0.15) is 46.2 Å². The van der Waals surface area contributed by atoms with Crippen LogP contribution in [0, 0.1) is 6.92 Å². The normalized spacial score (nSPS) is 14.9. The highest BCUT2D eigenvalue weighted by molar-refractivity contribution is 6.06. The lowest BCUT2D eigenvalue weighted by Gasteiger charge is -2.05. The Kier molecular flexibility index (Phi) is 4.36. The van der Waals surface area contributed by atoms with Crippen LogP contribution in [0.15, 0.2) is 28.0 Å². The van der Waals surface area contributed by atoms with Crippen molar-refractivity contribution in [3.8, 4) is 0 Å². The van der Waals surface area contributed by atoms with E-state index in [0.717, 1.165) is 23.2 Å². The highest BCUT2D eigenvalue weighted by Gasteiger charge is 2.29. The minimum atomic E-state index is -4.36. The molecule has 1 saturated carbocycles. The van der Waals surface area contributed by atoms with Crippen LogP contribution < -0.4 is 5.43 Å². The van der Waals surface area contributed by atoms with E-state index in [9.17, 15) is 18.0 Å². The molecule has 1 aliphatic rings. The molecule has 0 spiro atoms. The van der Waals surface area contributed by atoms with Crippen LogP contribution >= 0.6 is 0 Å². The van der Waals surface area contributed by atoms with Gasteiger partial charge < -0.3 is 4.52 Å². The van der Waals surface area contributed by atoms with Gasteiger partial charge >= 0.3 is 6.18 Å². The molecule has 3 heterocycles. The lowest BCUT2D eigenvalue weighted by molar-refractivity contribution is -0.142. The first kappa shape index (κ1) is 18.1. The number of hydrazone groups is 1. The molecule has 0 bridgehead atoms. The molecule has 8 nitrogen and oxygen atoms in total. The zero-order valence-corrected chi connectivity index (χ0v) is 14.7. The predicted octanol–water partition coefficient (Wildman–Crippen LogP) is 2.93. The van der Waals surface area contributed by atoms with Crippen LogP contribution in [0.4, 0.5) is 13.2 Å². The molecule has 0 saturated heterocycles. The summed E-state index contributed by atoms with van der Waals surface area (Å²) in [6.45, 7) is 0.510. The minimum absolute atomic E-state index is 0.184. The summed E-state index contributed by atoms with van der Waals surface area (Å²) >= 11 is 0. The molecule has 0 aliphatic heterocycles. The number of alkyl halides is 3. The summed E-state index contributed by atoms with van der Waals surface area (Å²) in [6, 6.07) is 3.06. The van der Waals surface area contributed by atoms with Crippen LogP contribution in [0.5, 0.6) is 0 Å². The van der Waals surface area contributed by atoms with Gasteiger partial charge in [-0.3, -0.25) is 9.48 Å². The molecule has 1 N–H and O–H groups in total. The van der Waals surface area contributed by atoms with E-state index >= 15 is 0 Å². The van der Waals surface area contributed by atoms with Crippen molar-refractivity contribution in [2.75, 3.05) is 0 Å². The number of aromatic nitrogens is 4. The number of aryl methyl sites for hydroxylation is 1. The number of amides is 1. The standard InChI is InChI=1S/C17H15F3N6O2/c1-9-14-12(6-13(10-2-3-10)22-16(14)28-25-9)15(27)23-21-7-11-4-5-26(24-11)8-17(18,19)20/h4-7,10H,2-3,8H2,1H3,(H,23,27). The Labute approximate surface area is 156 Å². The Bertz CT molecular complexity index is 1060. The summed E-state index contributed by atoms with van der Waals surface area (Å²) in [5.41, 5.74) is 4.48. The van der Waals surface area contributed by atoms with Gasteiger partial charge in [0.1, 0.15) is 12.2 Å². The Morgan fingerprint density at radius 3 is 2.96 bits per heavy atom. The predicted molar refractivity (Wildman–Crippen MR) is 91.9 cm³/mol. The van der Waals surface area contributed by atoms with Gasteiger partial charge in [-0.1, -0.05) is 5.16 Å². The van der Waals surface area contributed by atoms with Crippen molar-refractivity contribution < 1.29 is 22.5 Å². The van der Waals surface area contributed by atoms with E-state index in [1.807, 2.05) is 0 Å². The molecule has 0 unspecified atom stereocenters. The molecule has 11 heteroatoms. The van der Waals surface area contributed by atoms with Gasteiger partial charge in [0.15, 0.2) is 0 Å². The third-order valence-corrected chi connectivity index (χ3v) is 4.24. The van der Waals surface area contributed by atoms with E-state index in [1.165, 1.54) is 18.5 Å². The number of carbonyl (C=O) groups excluding carboxylic acids is 1. The molecule has 0 aromatic carbocycles. The molecule has 146 valence electrons. The SMILES string of the molecule is Cc1noc2nc(C3CC3)cc(C(=O)NN=Cc3ccn(CC(F)(F)F)n3)c12. The fourth-order valence-electron chi connectivity index (χ4n) is 2.82. The van der Waals surface area contributed by atoms with Crippen LogP contribution in [-0.2, 0) is 6.54 Å². The zero-order chi connectivity index (χ0) is 19.9. The Balaban J connectivity index is 1.51. The van der Waals surface area contributed by atoms with Gasteiger partial charge in [0.05, 0.1) is 22.9 Å². The average molecular weight is 392 g/mol. The van der Waals surface area contributed by atoms with Crippen molar-refractivity contribution in [1.29, 1.82) is 0 Å². The molecular formula is C17H15F3N6O2. The summed E-state index contributed by atoms with van der Waals surface area (Å²) in [4.78, 5) is 17.0. The summed E-state index contributed by atoms with van der Waals surface area (Å²) in [5, 5.41) is 11.9. The number of hydrogen-bond donors (Lipinski definition) is 1. The third kappa shape index (κ3) is 3.87. The largest absolute Gasteiger partial charge is 0.408 e. The second-order valence-corrected chi connectivity index (χ2v) is 6.57. The fraction of sp³-hybridized carbons (Fsp3) is 0.353. The number of carbonyl (C=O) groups is 1. The second-order valence-electron chi connectivity index (χ2n) is 6.57. The number of rotatable bonds is 5. The van der Waals surface area contributed by atoms with Gasteiger partial charge in [-0.25, -0.2) is 10.4 Å². The van der Waals surface area contributed by atoms with Gasteiger partial charge in [0.2, 0.25) is 0 Å². The van der Waals surface area contributed by atoms with E-state index < -0.39 is 18.6 Å². The van der Waals surface area contributed by atoms with E-state index in [2.05, 4.69) is 25.8 Å². The molecule has 0 radical (unpaired) electrons. The van der Waals surface area contributed by atoms with Crippen molar-refractivity contribution in [2.24, 2.45) is 5.10 Å². The van der Waals surface area contributed by atoms with Gasteiger partial charge in [0, 0.05) is 17.8 Å². The molecule has 1 amide bonds. The van der Waals surface area contributed by atoms with Gasteiger partial charge in [-0.15, -0.1) is 0 Å². The molecule has 4 rings (SSSR count). The first-order valence-electron chi connectivity index (χ1n) is 8.51. The monoisotopic (exact) mass is 392 g/mol. The first-order chi connectivity index (χ1) is 13.3. The third-order valence-electron chi connectivity index (χ3n) is 4.24. The van der Waals surface area contributed by atoms with Gasteiger partial charge in [-0.2, -0.15) is 23.4 Å². The molecule has 1 fully saturated rings. The quantitative estimate of drug-likeness (QED) is 0.532. The fourth-order valence-corrected chi connectivity index (χ4v) is 2.82. The summed E-state index contributed by atoms with van der Waals surface area (Å²) in [6.07, 6.45) is 0.00485. The topological polar surface area (TPSA) is 98.2 Å². The van der Waals surface area contributed by atoms with E-state index in [0.29, 0.717) is 28.3 Å². The van der Waals surface area contributed by atoms with Gasteiger partial charge in [0.25, 0.3) is 11.6 Å². The number of halogens is 3. The first-order valence-corrected chi connectivity index (χ1v) is 8.51. The molecule has 3 aromatic heterocycles. The van der Waals surface area contributed by atoms with E-state index in [-0.39, 0.29) is 5.69 Å². The Morgan fingerprint density at radius 1 is 1.46 bits per heavy atom. The maximum atomic E-state index is 12.6. The smallest absolute Gasteiger partial charge is 0.336 e. The number of nitrogens with one attached hydrogen (secondary N) is 1. The lowest BCUT2D eigenvalue weighted by atomic mass is 10.1. The zero-order valence-electron chi connectivity index (χ0n) is 14.7. The van der Waals surface area contributed by atoms with Crippen molar-refractivity contribution in [3.63, 3.8) is 0 Å². The van der Waals surface area contributed by atoms with Crippen molar-refractivity contribution in [1.82, 2.24) is 25.3 Å². The number of fused-ring (bicyclic) bond motifs is 1. The second kappa shape index (κ2) is 6.73. The van der Waals surface area contributed by atoms with Crippen molar-refractivity contribution in [3.05, 3.63) is 41.0 Å².